The molecule has 0 aliphatic heterocycles. The second kappa shape index (κ2) is 10.4. The number of hydrazone groups is 1. The molecule has 170 valence electrons. The number of nitrogens with one attached hydrogen (secondary N) is 1. The number of hydrogen-bond acceptors (Lipinski definition) is 8. The van der Waals surface area contributed by atoms with Crippen molar-refractivity contribution >= 4 is 50.5 Å². The normalized spacial score (nSPS) is 11.2. The molecule has 0 aliphatic rings. The predicted molar refractivity (Wildman–Crippen MR) is 128 cm³/mol. The number of nitrogens with zero attached hydrogens (tertiary/aromatic N) is 2. The van der Waals surface area contributed by atoms with Gasteiger partial charge in [-0.3, -0.25) is 14.9 Å². The Bertz CT molecular complexity index is 1310. The van der Waals surface area contributed by atoms with Crippen LogP contribution in [0, 0.1) is 13.7 Å². The Morgan fingerprint density at radius 3 is 2.39 bits per heavy atom. The fourth-order valence-corrected chi connectivity index (χ4v) is 4.45. The number of amides is 1. The van der Waals surface area contributed by atoms with Crippen molar-refractivity contribution in [2.45, 2.75) is 4.90 Å². The summed E-state index contributed by atoms with van der Waals surface area (Å²) >= 11 is 1.88. The second-order valence-corrected chi connectivity index (χ2v) is 9.10. The van der Waals surface area contributed by atoms with Gasteiger partial charge in [0.2, 0.25) is 0 Å². The molecule has 0 atom stereocenters. The number of hydrogen-bond donors (Lipinski definition) is 1. The maximum Gasteiger partial charge on any atom is 0.339 e. The molecule has 3 aromatic carbocycles. The number of carbonyl (C=O) groups excluding carboxylic acids is 1. The van der Waals surface area contributed by atoms with Crippen LogP contribution in [0.5, 0.6) is 11.5 Å². The maximum absolute atomic E-state index is 12.6. The van der Waals surface area contributed by atoms with Gasteiger partial charge in [0, 0.05) is 17.7 Å². The van der Waals surface area contributed by atoms with Crippen LogP contribution in [0.1, 0.15) is 15.9 Å². The van der Waals surface area contributed by atoms with Crippen molar-refractivity contribution < 1.29 is 27.1 Å². The second-order valence-electron chi connectivity index (χ2n) is 6.39. The molecule has 0 fully saturated rings. The average molecular weight is 581 g/mol. The van der Waals surface area contributed by atoms with E-state index in [0.29, 0.717) is 14.7 Å². The highest BCUT2D eigenvalue weighted by molar-refractivity contribution is 14.1. The number of non-ortho nitro benzene ring substituents is 1. The average Bonchev–Trinajstić information content (AvgIpc) is 2.81. The number of carbonyl (C=O) groups is 1. The molecule has 10 nitrogen and oxygen atoms in total. The highest BCUT2D eigenvalue weighted by atomic mass is 127. The van der Waals surface area contributed by atoms with Crippen LogP contribution in [0.2, 0.25) is 0 Å². The standard InChI is InChI=1S/C21H16IN3O7S/c1-31-19-12-14(13-23-24-21(26)15-5-3-2-4-6-15)11-18(22)20(19)32-33(29,30)17-9-7-16(8-10-17)25(27)28/h2-13H,1H3,(H,24,26)/b23-13-. The van der Waals surface area contributed by atoms with Gasteiger partial charge in [-0.25, -0.2) is 5.43 Å². The number of ether oxygens (including phenoxy) is 1. The molecule has 0 aromatic heterocycles. The van der Waals surface area contributed by atoms with Gasteiger partial charge in [0.1, 0.15) is 4.90 Å². The van der Waals surface area contributed by atoms with Crippen molar-refractivity contribution in [3.63, 3.8) is 0 Å². The first-order chi connectivity index (χ1) is 15.7. The summed E-state index contributed by atoms with van der Waals surface area (Å²) in [6.07, 6.45) is 1.38. The van der Waals surface area contributed by atoms with Gasteiger partial charge in [-0.1, -0.05) is 18.2 Å². The minimum absolute atomic E-state index is 0.0538. The summed E-state index contributed by atoms with van der Waals surface area (Å²) in [5.41, 5.74) is 3.12. The van der Waals surface area contributed by atoms with Crippen LogP contribution in [-0.4, -0.2) is 32.6 Å². The Morgan fingerprint density at radius 1 is 1.12 bits per heavy atom. The van der Waals surface area contributed by atoms with Crippen LogP contribution in [-0.2, 0) is 10.1 Å². The molecule has 3 aromatic rings. The Balaban J connectivity index is 1.80. The Labute approximate surface area is 202 Å². The maximum atomic E-state index is 12.6. The molecule has 0 heterocycles. The van der Waals surface area contributed by atoms with Crippen molar-refractivity contribution in [1.29, 1.82) is 0 Å². The zero-order valence-electron chi connectivity index (χ0n) is 17.0. The summed E-state index contributed by atoms with van der Waals surface area (Å²) in [7, 11) is -2.94. The lowest BCUT2D eigenvalue weighted by Crippen LogP contribution is -2.17. The number of benzene rings is 3. The Kier molecular flexibility index (Phi) is 7.60. The van der Waals surface area contributed by atoms with E-state index in [1.807, 2.05) is 22.6 Å². The Hall–Kier alpha value is -3.52. The first-order valence-electron chi connectivity index (χ1n) is 9.16. The van der Waals surface area contributed by atoms with Gasteiger partial charge in [-0.05, 0) is 64.6 Å². The third-order valence-corrected chi connectivity index (χ3v) is 6.23. The number of nitro groups is 1. The summed E-state index contributed by atoms with van der Waals surface area (Å²) in [6.45, 7) is 0. The molecule has 1 N–H and O–H groups in total. The smallest absolute Gasteiger partial charge is 0.339 e. The van der Waals surface area contributed by atoms with Crippen molar-refractivity contribution in [3.8, 4) is 11.5 Å². The predicted octanol–water partition coefficient (Wildman–Crippen LogP) is 3.74. The van der Waals surface area contributed by atoms with E-state index in [1.54, 1.807) is 36.4 Å². The van der Waals surface area contributed by atoms with Crippen LogP contribution >= 0.6 is 22.6 Å². The van der Waals surface area contributed by atoms with E-state index in [0.717, 1.165) is 24.3 Å². The van der Waals surface area contributed by atoms with E-state index < -0.39 is 15.0 Å². The first-order valence-corrected chi connectivity index (χ1v) is 11.6. The summed E-state index contributed by atoms with van der Waals surface area (Å²) in [4.78, 5) is 21.9. The monoisotopic (exact) mass is 581 g/mol. The van der Waals surface area contributed by atoms with Gasteiger partial charge in [-0.15, -0.1) is 0 Å². The van der Waals surface area contributed by atoms with Gasteiger partial charge >= 0.3 is 10.1 Å². The molecule has 0 saturated heterocycles. The van der Waals surface area contributed by atoms with E-state index in [1.165, 1.54) is 19.4 Å². The Morgan fingerprint density at radius 2 is 1.79 bits per heavy atom. The highest BCUT2D eigenvalue weighted by Gasteiger charge is 2.22. The fourth-order valence-electron chi connectivity index (χ4n) is 2.61. The molecule has 0 aliphatic carbocycles. The van der Waals surface area contributed by atoms with E-state index in [-0.39, 0.29) is 28.0 Å². The molecule has 0 radical (unpaired) electrons. The molecule has 1 amide bonds. The summed E-state index contributed by atoms with van der Waals surface area (Å²) in [5.74, 6) is -0.326. The van der Waals surface area contributed by atoms with Crippen LogP contribution in [0.3, 0.4) is 0 Å². The van der Waals surface area contributed by atoms with Gasteiger partial charge in [0.05, 0.1) is 21.8 Å². The largest absolute Gasteiger partial charge is 0.493 e. The van der Waals surface area contributed by atoms with E-state index in [9.17, 15) is 23.3 Å². The SMILES string of the molecule is COc1cc(/C=N\NC(=O)c2ccccc2)cc(I)c1OS(=O)(=O)c1ccc([N+](=O)[O-])cc1. The zero-order valence-corrected chi connectivity index (χ0v) is 19.9. The molecule has 12 heteroatoms. The lowest BCUT2D eigenvalue weighted by Gasteiger charge is -2.13. The van der Waals surface area contributed by atoms with Crippen LogP contribution < -0.4 is 14.3 Å². The summed E-state index contributed by atoms with van der Waals surface area (Å²) in [6, 6.07) is 15.9. The number of nitro benzene ring substituents is 1. The molecule has 0 spiro atoms. The third kappa shape index (κ3) is 6.04. The quantitative estimate of drug-likeness (QED) is 0.141. The molecule has 0 unspecified atom stereocenters. The molecule has 0 bridgehead atoms. The van der Waals surface area contributed by atoms with Crippen LogP contribution in [0.15, 0.2) is 76.7 Å². The van der Waals surface area contributed by atoms with Crippen molar-refractivity contribution in [1.82, 2.24) is 5.43 Å². The lowest BCUT2D eigenvalue weighted by atomic mass is 10.2. The van der Waals surface area contributed by atoms with Gasteiger partial charge in [0.15, 0.2) is 11.5 Å². The summed E-state index contributed by atoms with van der Waals surface area (Å²) in [5, 5.41) is 14.7. The number of halogens is 1. The number of rotatable bonds is 8. The van der Waals surface area contributed by atoms with Gasteiger partial charge in [-0.2, -0.15) is 13.5 Å². The van der Waals surface area contributed by atoms with Crippen LogP contribution in [0.4, 0.5) is 5.69 Å². The molecule has 0 saturated carbocycles. The van der Waals surface area contributed by atoms with Crippen molar-refractivity contribution in [2.24, 2.45) is 5.10 Å². The molecule has 3 rings (SSSR count). The highest BCUT2D eigenvalue weighted by Crippen LogP contribution is 2.35. The first kappa shape index (κ1) is 24.1. The lowest BCUT2D eigenvalue weighted by molar-refractivity contribution is -0.384. The summed E-state index contributed by atoms with van der Waals surface area (Å²) < 4.78 is 36.2. The van der Waals surface area contributed by atoms with E-state index in [4.69, 9.17) is 8.92 Å². The molecular formula is C21H16IN3O7S. The van der Waals surface area contributed by atoms with Gasteiger partial charge in [0.25, 0.3) is 11.6 Å². The number of methoxy groups -OCH3 is 1. The topological polar surface area (TPSA) is 137 Å². The molecule has 33 heavy (non-hydrogen) atoms. The van der Waals surface area contributed by atoms with Gasteiger partial charge < -0.3 is 8.92 Å². The zero-order chi connectivity index (χ0) is 24.0. The van der Waals surface area contributed by atoms with E-state index >= 15 is 0 Å². The van der Waals surface area contributed by atoms with Crippen molar-refractivity contribution in [3.05, 3.63) is 91.5 Å². The molecular weight excluding hydrogens is 565 g/mol. The van der Waals surface area contributed by atoms with Crippen molar-refractivity contribution in [2.75, 3.05) is 7.11 Å². The van der Waals surface area contributed by atoms with E-state index in [2.05, 4.69) is 10.5 Å². The third-order valence-electron chi connectivity index (χ3n) is 4.20. The minimum atomic E-state index is -4.28. The van der Waals surface area contributed by atoms with Crippen LogP contribution in [0.25, 0.3) is 0 Å². The minimum Gasteiger partial charge on any atom is -0.493 e. The fraction of sp³-hybridized carbons (Fsp3) is 0.0476.